The van der Waals surface area contributed by atoms with Crippen molar-refractivity contribution in [2.45, 2.75) is 44.2 Å². The van der Waals surface area contributed by atoms with E-state index in [2.05, 4.69) is 10.6 Å². The summed E-state index contributed by atoms with van der Waals surface area (Å²) in [6.45, 7) is 1.46. The van der Waals surface area contributed by atoms with Crippen LogP contribution in [-0.4, -0.2) is 49.6 Å². The molecule has 2 N–H and O–H groups in total. The van der Waals surface area contributed by atoms with Crippen molar-refractivity contribution in [3.05, 3.63) is 64.7 Å². The molecule has 190 valence electrons. The van der Waals surface area contributed by atoms with Crippen molar-refractivity contribution in [1.82, 2.24) is 10.2 Å². The minimum atomic E-state index is -4.62. The molecular weight excluding hydrogens is 479 g/mol. The van der Waals surface area contributed by atoms with Gasteiger partial charge < -0.3 is 15.5 Å². The number of carbonyl (C=O) groups is 2. The number of rotatable bonds is 9. The first-order chi connectivity index (χ1) is 16.7. The average molecular weight is 510 g/mol. The molecule has 9 heteroatoms. The lowest BCUT2D eigenvalue weighted by molar-refractivity contribution is -0.172. The second-order valence-corrected chi connectivity index (χ2v) is 9.26. The number of nitrogens with one attached hydrogen (secondary N) is 2. The van der Waals surface area contributed by atoms with E-state index in [0.717, 1.165) is 44.3 Å². The number of benzene rings is 2. The number of hydrogen-bond donors (Lipinski definition) is 2. The summed E-state index contributed by atoms with van der Waals surface area (Å²) in [5.41, 5.74) is 1.26. The van der Waals surface area contributed by atoms with Crippen molar-refractivity contribution in [2.75, 3.05) is 32.0 Å². The van der Waals surface area contributed by atoms with Crippen LogP contribution in [0, 0.1) is 5.92 Å². The summed E-state index contributed by atoms with van der Waals surface area (Å²) >= 11 is 6.17. The third-order valence-corrected chi connectivity index (χ3v) is 6.76. The average Bonchev–Trinajstić information content (AvgIpc) is 2.83. The second kappa shape index (κ2) is 12.3. The first-order valence-electron chi connectivity index (χ1n) is 11.9. The third kappa shape index (κ3) is 7.37. The number of hydrogen-bond acceptors (Lipinski definition) is 3. The SMILES string of the molecule is CNC(=O)c1ccc(NCCCCC2CCN(C(=O)[C@H](c3ccccc3)C(F)(F)F)CC2)cc1Cl. The summed E-state index contributed by atoms with van der Waals surface area (Å²) < 4.78 is 41.0. The Balaban J connectivity index is 1.40. The van der Waals surface area contributed by atoms with Crippen LogP contribution in [0.4, 0.5) is 18.9 Å². The van der Waals surface area contributed by atoms with Gasteiger partial charge in [0.1, 0.15) is 0 Å². The van der Waals surface area contributed by atoms with Gasteiger partial charge in [-0.05, 0) is 48.9 Å². The van der Waals surface area contributed by atoms with Gasteiger partial charge in [0.2, 0.25) is 5.91 Å². The monoisotopic (exact) mass is 509 g/mol. The van der Waals surface area contributed by atoms with Crippen molar-refractivity contribution in [3.63, 3.8) is 0 Å². The fourth-order valence-corrected chi connectivity index (χ4v) is 4.74. The first kappa shape index (κ1) is 26.9. The number of carbonyl (C=O) groups excluding carboxylic acids is 2. The smallest absolute Gasteiger partial charge is 0.385 e. The van der Waals surface area contributed by atoms with Gasteiger partial charge in [-0.15, -0.1) is 0 Å². The highest BCUT2D eigenvalue weighted by molar-refractivity contribution is 6.34. The van der Waals surface area contributed by atoms with Crippen LogP contribution < -0.4 is 10.6 Å². The van der Waals surface area contributed by atoms with Crippen molar-refractivity contribution in [1.29, 1.82) is 0 Å². The molecule has 2 aromatic rings. The maximum atomic E-state index is 13.7. The van der Waals surface area contributed by atoms with Gasteiger partial charge in [0, 0.05) is 32.4 Å². The van der Waals surface area contributed by atoms with Gasteiger partial charge >= 0.3 is 6.18 Å². The highest BCUT2D eigenvalue weighted by Crippen LogP contribution is 2.37. The predicted molar refractivity (Wildman–Crippen MR) is 132 cm³/mol. The van der Waals surface area contributed by atoms with Gasteiger partial charge in [-0.3, -0.25) is 9.59 Å². The summed E-state index contributed by atoms with van der Waals surface area (Å²) in [7, 11) is 1.55. The van der Waals surface area contributed by atoms with Crippen molar-refractivity contribution in [2.24, 2.45) is 5.92 Å². The number of piperidine rings is 1. The topological polar surface area (TPSA) is 61.4 Å². The van der Waals surface area contributed by atoms with E-state index in [1.807, 2.05) is 6.07 Å². The Bertz CT molecular complexity index is 993. The maximum Gasteiger partial charge on any atom is 0.404 e. The third-order valence-electron chi connectivity index (χ3n) is 6.44. The Labute approximate surface area is 209 Å². The van der Waals surface area contributed by atoms with Crippen molar-refractivity contribution >= 4 is 29.1 Å². The van der Waals surface area contributed by atoms with Crippen LogP contribution in [0.2, 0.25) is 5.02 Å². The molecule has 0 aromatic heterocycles. The van der Waals surface area contributed by atoms with E-state index >= 15 is 0 Å². The Hall–Kier alpha value is -2.74. The van der Waals surface area contributed by atoms with Gasteiger partial charge in [0.15, 0.2) is 5.92 Å². The largest absolute Gasteiger partial charge is 0.404 e. The molecule has 1 atom stereocenters. The molecule has 1 saturated heterocycles. The number of alkyl halides is 3. The Morgan fingerprint density at radius 3 is 2.37 bits per heavy atom. The van der Waals surface area contributed by atoms with E-state index in [-0.39, 0.29) is 11.5 Å². The van der Waals surface area contributed by atoms with Gasteiger partial charge in [-0.1, -0.05) is 54.8 Å². The summed E-state index contributed by atoms with van der Waals surface area (Å²) in [6.07, 6.45) is -0.302. The Kier molecular flexibility index (Phi) is 9.43. The second-order valence-electron chi connectivity index (χ2n) is 8.85. The van der Waals surface area contributed by atoms with Gasteiger partial charge in [-0.2, -0.15) is 13.2 Å². The molecule has 0 bridgehead atoms. The van der Waals surface area contributed by atoms with E-state index < -0.39 is 18.0 Å². The van der Waals surface area contributed by atoms with E-state index in [1.54, 1.807) is 25.2 Å². The van der Waals surface area contributed by atoms with E-state index in [0.29, 0.717) is 29.6 Å². The number of likely N-dealkylation sites (tertiary alicyclic amines) is 1. The zero-order valence-electron chi connectivity index (χ0n) is 19.7. The molecule has 0 saturated carbocycles. The van der Waals surface area contributed by atoms with Crippen LogP contribution in [0.25, 0.3) is 0 Å². The molecule has 2 amide bonds. The van der Waals surface area contributed by atoms with Crippen molar-refractivity contribution in [3.8, 4) is 0 Å². The van der Waals surface area contributed by atoms with Crippen LogP contribution in [0.1, 0.15) is 53.9 Å². The highest BCUT2D eigenvalue weighted by Gasteiger charge is 2.47. The molecule has 1 heterocycles. The molecule has 0 unspecified atom stereocenters. The number of anilines is 1. The van der Waals surface area contributed by atoms with Crippen LogP contribution in [0.5, 0.6) is 0 Å². The number of halogens is 4. The molecule has 1 aliphatic rings. The zero-order valence-corrected chi connectivity index (χ0v) is 20.5. The van der Waals surface area contributed by atoms with E-state index in [1.165, 1.54) is 29.2 Å². The molecule has 0 spiro atoms. The van der Waals surface area contributed by atoms with E-state index in [4.69, 9.17) is 11.6 Å². The molecule has 1 fully saturated rings. The molecule has 3 rings (SSSR count). The van der Waals surface area contributed by atoms with Crippen LogP contribution in [0.15, 0.2) is 48.5 Å². The minimum absolute atomic E-state index is 0.0100. The lowest BCUT2D eigenvalue weighted by atomic mass is 9.90. The first-order valence-corrected chi connectivity index (χ1v) is 12.2. The maximum absolute atomic E-state index is 13.7. The zero-order chi connectivity index (χ0) is 25.4. The van der Waals surface area contributed by atoms with Crippen LogP contribution in [-0.2, 0) is 4.79 Å². The molecule has 1 aliphatic heterocycles. The lowest BCUT2D eigenvalue weighted by Crippen LogP contribution is -2.44. The number of amides is 2. The van der Waals surface area contributed by atoms with Gasteiger partial charge in [0.25, 0.3) is 5.91 Å². The molecule has 35 heavy (non-hydrogen) atoms. The van der Waals surface area contributed by atoms with Crippen molar-refractivity contribution < 1.29 is 22.8 Å². The fraction of sp³-hybridized carbons (Fsp3) is 0.462. The number of nitrogens with zero attached hydrogens (tertiary/aromatic N) is 1. The predicted octanol–water partition coefficient (Wildman–Crippen LogP) is 5.87. The fourth-order valence-electron chi connectivity index (χ4n) is 4.48. The van der Waals surface area contributed by atoms with Gasteiger partial charge in [0.05, 0.1) is 10.6 Å². The normalized spacial score (nSPS) is 15.5. The number of unbranched alkanes of at least 4 members (excludes halogenated alkanes) is 1. The quantitative estimate of drug-likeness (QED) is 0.416. The summed E-state index contributed by atoms with van der Waals surface area (Å²) in [5.74, 6) is -2.79. The molecule has 2 aromatic carbocycles. The summed E-state index contributed by atoms with van der Waals surface area (Å²) in [4.78, 5) is 25.8. The summed E-state index contributed by atoms with van der Waals surface area (Å²) in [6, 6.07) is 12.6. The Morgan fingerprint density at radius 1 is 1.09 bits per heavy atom. The minimum Gasteiger partial charge on any atom is -0.385 e. The summed E-state index contributed by atoms with van der Waals surface area (Å²) in [5, 5.41) is 6.23. The standard InChI is InChI=1S/C26H31ClF3N3O2/c1-31-24(34)21-11-10-20(17-22(21)27)32-14-6-5-7-18-12-15-33(16-13-18)25(35)23(26(28,29)30)19-8-3-2-4-9-19/h2-4,8-11,17-18,23,32H,5-7,12-16H2,1H3,(H,31,34)/t23-/m0/s1. The molecule has 0 radical (unpaired) electrons. The van der Waals surface area contributed by atoms with E-state index in [9.17, 15) is 22.8 Å². The molecule has 5 nitrogen and oxygen atoms in total. The van der Waals surface area contributed by atoms with Crippen LogP contribution >= 0.6 is 11.6 Å². The molecular formula is C26H31ClF3N3O2. The lowest BCUT2D eigenvalue weighted by Gasteiger charge is -2.35. The van der Waals surface area contributed by atoms with Crippen LogP contribution in [0.3, 0.4) is 0 Å². The molecule has 0 aliphatic carbocycles. The highest BCUT2D eigenvalue weighted by atomic mass is 35.5. The van der Waals surface area contributed by atoms with Gasteiger partial charge in [-0.25, -0.2) is 0 Å². The Morgan fingerprint density at radius 2 is 1.77 bits per heavy atom.